The van der Waals surface area contributed by atoms with Gasteiger partial charge in [0.05, 0.1) is 13.0 Å². The Morgan fingerprint density at radius 3 is 2.36 bits per heavy atom. The first-order valence-electron chi connectivity index (χ1n) is 3.74. The number of carbonyl (C=O) groups excluding carboxylic acids is 2. The summed E-state index contributed by atoms with van der Waals surface area (Å²) in [6.45, 7) is 5.32. The van der Waals surface area contributed by atoms with Crippen LogP contribution in [0.4, 0.5) is 0 Å². The van der Waals surface area contributed by atoms with E-state index in [1.165, 1.54) is 6.92 Å². The van der Waals surface area contributed by atoms with E-state index in [9.17, 15) is 9.59 Å². The summed E-state index contributed by atoms with van der Waals surface area (Å²) in [7, 11) is 0. The van der Waals surface area contributed by atoms with Crippen LogP contribution in [0.15, 0.2) is 0 Å². The minimum Gasteiger partial charge on any atom is -0.466 e. The van der Waals surface area contributed by atoms with Gasteiger partial charge in [-0.05, 0) is 13.8 Å². The van der Waals surface area contributed by atoms with Crippen molar-refractivity contribution in [3.8, 4) is 0 Å². The normalized spacial score (nSPS) is 12.3. The lowest BCUT2D eigenvalue weighted by Crippen LogP contribution is -2.14. The van der Waals surface area contributed by atoms with Gasteiger partial charge in [-0.3, -0.25) is 9.59 Å². The molecule has 0 rings (SSSR count). The number of rotatable bonds is 4. The van der Waals surface area contributed by atoms with Crippen LogP contribution in [0.5, 0.6) is 0 Å². The maximum absolute atomic E-state index is 10.8. The molecule has 0 spiro atoms. The average Bonchev–Trinajstić information content (AvgIpc) is 1.87. The Labute approximate surface area is 66.7 Å². The minimum absolute atomic E-state index is 0.0260. The Morgan fingerprint density at radius 1 is 1.45 bits per heavy atom. The Kier molecular flexibility index (Phi) is 4.50. The maximum Gasteiger partial charge on any atom is 0.306 e. The van der Waals surface area contributed by atoms with Crippen molar-refractivity contribution in [2.24, 2.45) is 5.92 Å². The van der Waals surface area contributed by atoms with Crippen molar-refractivity contribution in [2.75, 3.05) is 6.61 Å². The molecule has 0 aliphatic carbocycles. The van der Waals surface area contributed by atoms with Crippen LogP contribution in [0.1, 0.15) is 27.2 Å². The molecule has 3 nitrogen and oxygen atoms in total. The largest absolute Gasteiger partial charge is 0.466 e. The Balaban J connectivity index is 3.66. The number of Topliss-reactive ketones (excluding diaryl/α,β-unsaturated/α-hetero) is 1. The third-order valence-electron chi connectivity index (χ3n) is 1.47. The first-order valence-corrected chi connectivity index (χ1v) is 3.74. The molecule has 0 heterocycles. The molecule has 3 heteroatoms. The fraction of sp³-hybridized carbons (Fsp3) is 0.750. The number of hydrogen-bond donors (Lipinski definition) is 0. The number of esters is 1. The average molecular weight is 158 g/mol. The number of hydrogen-bond acceptors (Lipinski definition) is 3. The van der Waals surface area contributed by atoms with Gasteiger partial charge in [-0.2, -0.15) is 0 Å². The first kappa shape index (κ1) is 10.1. The van der Waals surface area contributed by atoms with E-state index in [0.29, 0.717) is 6.61 Å². The van der Waals surface area contributed by atoms with Crippen molar-refractivity contribution in [1.82, 2.24) is 0 Å². The molecule has 1 atom stereocenters. The van der Waals surface area contributed by atoms with Gasteiger partial charge in [0.2, 0.25) is 0 Å². The Morgan fingerprint density at radius 2 is 2.00 bits per heavy atom. The van der Waals surface area contributed by atoms with E-state index in [4.69, 9.17) is 0 Å². The third-order valence-corrected chi connectivity index (χ3v) is 1.47. The first-order chi connectivity index (χ1) is 5.07. The van der Waals surface area contributed by atoms with Crippen LogP contribution in [-0.4, -0.2) is 18.4 Å². The Hall–Kier alpha value is -0.860. The molecule has 1 unspecified atom stereocenters. The Bertz CT molecular complexity index is 151. The van der Waals surface area contributed by atoms with Crippen LogP contribution in [0.25, 0.3) is 0 Å². The molecule has 0 saturated carbocycles. The standard InChI is InChI=1S/C8H14O3/c1-4-11-8(10)5-6(2)7(3)9/h6H,4-5H2,1-3H3. The van der Waals surface area contributed by atoms with Crippen LogP contribution < -0.4 is 0 Å². The fourth-order valence-electron chi connectivity index (χ4n) is 0.614. The molecule has 0 fully saturated rings. The van der Waals surface area contributed by atoms with Crippen molar-refractivity contribution >= 4 is 11.8 Å². The molecule has 0 radical (unpaired) electrons. The highest BCUT2D eigenvalue weighted by atomic mass is 16.5. The second-order valence-corrected chi connectivity index (χ2v) is 2.52. The van der Waals surface area contributed by atoms with Crippen molar-refractivity contribution in [1.29, 1.82) is 0 Å². The van der Waals surface area contributed by atoms with E-state index in [-0.39, 0.29) is 24.1 Å². The van der Waals surface area contributed by atoms with E-state index < -0.39 is 0 Å². The molecule has 0 aromatic heterocycles. The lowest BCUT2D eigenvalue weighted by molar-refractivity contribution is -0.145. The molecule has 0 aliphatic heterocycles. The highest BCUT2D eigenvalue weighted by Crippen LogP contribution is 2.03. The van der Waals surface area contributed by atoms with Crippen LogP contribution in [-0.2, 0) is 14.3 Å². The second kappa shape index (κ2) is 4.88. The van der Waals surface area contributed by atoms with Gasteiger partial charge in [-0.1, -0.05) is 6.92 Å². The molecule has 11 heavy (non-hydrogen) atoms. The van der Waals surface area contributed by atoms with Crippen molar-refractivity contribution < 1.29 is 14.3 Å². The van der Waals surface area contributed by atoms with Gasteiger partial charge in [0, 0.05) is 5.92 Å². The number of ketones is 1. The summed E-state index contributed by atoms with van der Waals surface area (Å²) in [4.78, 5) is 21.5. The highest BCUT2D eigenvalue weighted by molar-refractivity contribution is 5.83. The topological polar surface area (TPSA) is 43.4 Å². The molecule has 0 saturated heterocycles. The summed E-state index contributed by atoms with van der Waals surface area (Å²) in [5, 5.41) is 0. The number of ether oxygens (including phenoxy) is 1. The van der Waals surface area contributed by atoms with Crippen molar-refractivity contribution in [3.63, 3.8) is 0 Å². The van der Waals surface area contributed by atoms with E-state index in [1.54, 1.807) is 13.8 Å². The zero-order valence-corrected chi connectivity index (χ0v) is 7.22. The zero-order valence-electron chi connectivity index (χ0n) is 7.22. The van der Waals surface area contributed by atoms with Gasteiger partial charge >= 0.3 is 5.97 Å². The van der Waals surface area contributed by atoms with Gasteiger partial charge in [0.15, 0.2) is 0 Å². The molecular formula is C8H14O3. The zero-order chi connectivity index (χ0) is 8.85. The lowest BCUT2D eigenvalue weighted by Gasteiger charge is -2.05. The summed E-state index contributed by atoms with van der Waals surface area (Å²) in [5.74, 6) is -0.484. The van der Waals surface area contributed by atoms with Gasteiger partial charge in [0.1, 0.15) is 5.78 Å². The van der Waals surface area contributed by atoms with Gasteiger partial charge in [0.25, 0.3) is 0 Å². The summed E-state index contributed by atoms with van der Waals surface area (Å²) >= 11 is 0. The second-order valence-electron chi connectivity index (χ2n) is 2.52. The number of carbonyl (C=O) groups is 2. The molecule has 0 aliphatic rings. The fourth-order valence-corrected chi connectivity index (χ4v) is 0.614. The minimum atomic E-state index is -0.296. The van der Waals surface area contributed by atoms with Crippen molar-refractivity contribution in [2.45, 2.75) is 27.2 Å². The third kappa shape index (κ3) is 4.53. The van der Waals surface area contributed by atoms with Crippen LogP contribution in [0, 0.1) is 5.92 Å². The van der Waals surface area contributed by atoms with Crippen LogP contribution in [0.3, 0.4) is 0 Å². The van der Waals surface area contributed by atoms with E-state index >= 15 is 0 Å². The quantitative estimate of drug-likeness (QED) is 0.577. The predicted molar refractivity (Wildman–Crippen MR) is 41.1 cm³/mol. The monoisotopic (exact) mass is 158 g/mol. The van der Waals surface area contributed by atoms with E-state index in [1.807, 2.05) is 0 Å². The smallest absolute Gasteiger partial charge is 0.306 e. The molecule has 0 amide bonds. The van der Waals surface area contributed by atoms with Crippen LogP contribution in [0.2, 0.25) is 0 Å². The summed E-state index contributed by atoms with van der Waals surface area (Å²) in [5.41, 5.74) is 0. The molecule has 0 bridgehead atoms. The van der Waals surface area contributed by atoms with Crippen molar-refractivity contribution in [3.05, 3.63) is 0 Å². The molecular weight excluding hydrogens is 144 g/mol. The SMILES string of the molecule is CCOC(=O)CC(C)C(C)=O. The molecule has 0 N–H and O–H groups in total. The van der Waals surface area contributed by atoms with Gasteiger partial charge in [-0.25, -0.2) is 0 Å². The summed E-state index contributed by atoms with van der Waals surface area (Å²) in [6.07, 6.45) is 0.198. The molecule has 0 aromatic rings. The summed E-state index contributed by atoms with van der Waals surface area (Å²) in [6, 6.07) is 0. The van der Waals surface area contributed by atoms with E-state index in [0.717, 1.165) is 0 Å². The van der Waals surface area contributed by atoms with Gasteiger partial charge in [-0.15, -0.1) is 0 Å². The summed E-state index contributed by atoms with van der Waals surface area (Å²) < 4.78 is 4.67. The van der Waals surface area contributed by atoms with Crippen LogP contribution >= 0.6 is 0 Å². The molecule has 64 valence electrons. The predicted octanol–water partition coefficient (Wildman–Crippen LogP) is 1.16. The van der Waals surface area contributed by atoms with E-state index in [2.05, 4.69) is 4.74 Å². The maximum atomic E-state index is 10.8. The molecule has 0 aromatic carbocycles. The lowest BCUT2D eigenvalue weighted by atomic mass is 10.0. The van der Waals surface area contributed by atoms with Gasteiger partial charge < -0.3 is 4.74 Å². The highest BCUT2D eigenvalue weighted by Gasteiger charge is 2.13.